The monoisotopic (exact) mass is 312 g/mol. The Hall–Kier alpha value is -2.62. The number of hydrogen-bond acceptors (Lipinski definition) is 4. The number of benzene rings is 2. The van der Waals surface area contributed by atoms with E-state index in [-0.39, 0.29) is 5.75 Å². The molecule has 0 radical (unpaired) electrons. The molecule has 0 aromatic heterocycles. The lowest BCUT2D eigenvalue weighted by Crippen LogP contribution is -1.97. The zero-order valence-corrected chi connectivity index (χ0v) is 13.6. The summed E-state index contributed by atoms with van der Waals surface area (Å²) >= 11 is 0. The first-order valence-corrected chi connectivity index (χ1v) is 7.68. The van der Waals surface area contributed by atoms with Gasteiger partial charge in [0, 0.05) is 29.6 Å². The topological polar surface area (TPSA) is 76.7 Å². The van der Waals surface area contributed by atoms with E-state index in [1.54, 1.807) is 36.5 Å². The Morgan fingerprint density at radius 2 is 1.52 bits per heavy atom. The van der Waals surface area contributed by atoms with Crippen molar-refractivity contribution in [1.82, 2.24) is 0 Å². The van der Waals surface area contributed by atoms with Crippen molar-refractivity contribution in [3.8, 4) is 11.5 Å². The third-order valence-electron chi connectivity index (χ3n) is 3.20. The Labute approximate surface area is 137 Å². The minimum absolute atomic E-state index is 0.160. The van der Waals surface area contributed by atoms with E-state index in [1.165, 1.54) is 0 Å². The Morgan fingerprint density at radius 1 is 1.00 bits per heavy atom. The van der Waals surface area contributed by atoms with Crippen LogP contribution >= 0.6 is 0 Å². The van der Waals surface area contributed by atoms with Crippen LogP contribution in [0.4, 0.5) is 0 Å². The Balaban J connectivity index is 0.000000253. The molecule has 2 rings (SSSR count). The predicted octanol–water partition coefficient (Wildman–Crippen LogP) is 4.39. The van der Waals surface area contributed by atoms with Gasteiger partial charge in [-0.3, -0.25) is 4.99 Å². The fraction of sp³-hybridized carbons (Fsp3) is 0.263. The maximum absolute atomic E-state index is 9.46. The van der Waals surface area contributed by atoms with Crippen molar-refractivity contribution >= 4 is 12.4 Å². The number of aromatic hydroxyl groups is 2. The third-order valence-corrected chi connectivity index (χ3v) is 3.20. The van der Waals surface area contributed by atoms with Crippen LogP contribution in [0.5, 0.6) is 11.5 Å². The molecule has 0 amide bonds. The Morgan fingerprint density at radius 3 is 1.96 bits per heavy atom. The van der Waals surface area contributed by atoms with Gasteiger partial charge in [-0.05, 0) is 37.6 Å². The third kappa shape index (κ3) is 6.78. The summed E-state index contributed by atoms with van der Waals surface area (Å²) < 4.78 is 0. The molecule has 0 saturated carbocycles. The molecule has 0 heterocycles. The van der Waals surface area contributed by atoms with E-state index in [1.807, 2.05) is 18.2 Å². The molecular weight excluding hydrogens is 288 g/mol. The maximum Gasteiger partial charge on any atom is 0.124 e. The van der Waals surface area contributed by atoms with Crippen molar-refractivity contribution in [3.05, 3.63) is 59.7 Å². The van der Waals surface area contributed by atoms with Crippen LogP contribution in [0.3, 0.4) is 0 Å². The van der Waals surface area contributed by atoms with E-state index >= 15 is 0 Å². The quantitative estimate of drug-likeness (QED) is 0.716. The molecule has 2 aromatic rings. The number of phenols is 2. The van der Waals surface area contributed by atoms with Crippen LogP contribution in [-0.4, -0.2) is 28.7 Å². The first kappa shape index (κ1) is 18.4. The van der Waals surface area contributed by atoms with E-state index in [4.69, 9.17) is 10.5 Å². The second-order valence-electron chi connectivity index (χ2n) is 5.18. The molecule has 2 aromatic carbocycles. The lowest BCUT2D eigenvalue weighted by atomic mass is 10.2. The van der Waals surface area contributed by atoms with Gasteiger partial charge in [-0.15, -0.1) is 0 Å². The average molecular weight is 312 g/mol. The van der Waals surface area contributed by atoms with E-state index in [9.17, 15) is 5.11 Å². The molecule has 0 aliphatic rings. The van der Waals surface area contributed by atoms with Gasteiger partial charge in [-0.25, -0.2) is 0 Å². The lowest BCUT2D eigenvalue weighted by Gasteiger charge is -2.03. The summed E-state index contributed by atoms with van der Waals surface area (Å²) in [6.45, 7) is 4.23. The highest BCUT2D eigenvalue weighted by molar-refractivity contribution is 5.83. The largest absolute Gasteiger partial charge is 0.507 e. The van der Waals surface area contributed by atoms with Crippen molar-refractivity contribution in [1.29, 1.82) is 5.41 Å². The van der Waals surface area contributed by atoms with Crippen LogP contribution in [0, 0.1) is 5.41 Å². The van der Waals surface area contributed by atoms with Crippen LogP contribution in [0.2, 0.25) is 0 Å². The van der Waals surface area contributed by atoms with Gasteiger partial charge in [0.05, 0.1) is 0 Å². The smallest absolute Gasteiger partial charge is 0.124 e. The molecular formula is C19H24N2O2. The number of rotatable bonds is 5. The van der Waals surface area contributed by atoms with Crippen LogP contribution in [0.15, 0.2) is 53.5 Å². The molecule has 0 aliphatic carbocycles. The molecule has 0 saturated heterocycles. The van der Waals surface area contributed by atoms with E-state index < -0.39 is 0 Å². The second kappa shape index (κ2) is 10.2. The van der Waals surface area contributed by atoms with E-state index in [2.05, 4.69) is 18.8 Å². The molecule has 3 N–H and O–H groups in total. The summed E-state index contributed by atoms with van der Waals surface area (Å²) in [5, 5.41) is 25.2. The highest BCUT2D eigenvalue weighted by Crippen LogP contribution is 2.13. The van der Waals surface area contributed by atoms with Crippen molar-refractivity contribution in [3.63, 3.8) is 0 Å². The van der Waals surface area contributed by atoms with Gasteiger partial charge in [-0.1, -0.05) is 37.6 Å². The highest BCUT2D eigenvalue weighted by Gasteiger charge is 1.97. The Bertz CT molecular complexity index is 639. The normalized spacial score (nSPS) is 11.6. The zero-order valence-electron chi connectivity index (χ0n) is 13.6. The molecule has 0 aliphatic heterocycles. The predicted molar refractivity (Wildman–Crippen MR) is 96.1 cm³/mol. The van der Waals surface area contributed by atoms with Gasteiger partial charge in [0.15, 0.2) is 0 Å². The van der Waals surface area contributed by atoms with Crippen molar-refractivity contribution < 1.29 is 10.2 Å². The van der Waals surface area contributed by atoms with Gasteiger partial charge in [0.2, 0.25) is 0 Å². The summed E-state index contributed by atoms with van der Waals surface area (Å²) in [4.78, 5) is 4.36. The summed E-state index contributed by atoms with van der Waals surface area (Å²) in [5.41, 5.74) is 1.34. The van der Waals surface area contributed by atoms with Crippen molar-refractivity contribution in [2.75, 3.05) is 0 Å². The molecule has 23 heavy (non-hydrogen) atoms. The van der Waals surface area contributed by atoms with Crippen LogP contribution in [-0.2, 0) is 0 Å². The molecule has 4 nitrogen and oxygen atoms in total. The van der Waals surface area contributed by atoms with Gasteiger partial charge in [-0.2, -0.15) is 0 Å². The van der Waals surface area contributed by atoms with Crippen molar-refractivity contribution in [2.24, 2.45) is 4.99 Å². The maximum atomic E-state index is 9.46. The molecule has 0 bridgehead atoms. The van der Waals surface area contributed by atoms with Crippen LogP contribution < -0.4 is 0 Å². The fourth-order valence-electron chi connectivity index (χ4n) is 1.91. The second-order valence-corrected chi connectivity index (χ2v) is 5.18. The SMILES string of the molecule is CCCC(C)N=Cc1ccccc1O.N=Cc1ccccc1O. The standard InChI is InChI=1S/C12H17NO.C7H7NO/c1-3-6-10(2)13-9-11-7-4-5-8-12(11)14;8-5-6-3-1-2-4-7(6)9/h4-5,7-10,14H,3,6H2,1-2H3;1-5,8-9H. The first-order valence-electron chi connectivity index (χ1n) is 7.68. The average Bonchev–Trinajstić information content (AvgIpc) is 2.55. The molecule has 1 atom stereocenters. The summed E-state index contributed by atoms with van der Waals surface area (Å²) in [6, 6.07) is 14.3. The number of aliphatic imine (C=N–C) groups is 1. The first-order chi connectivity index (χ1) is 11.1. The van der Waals surface area contributed by atoms with Gasteiger partial charge < -0.3 is 15.6 Å². The molecule has 122 valence electrons. The molecule has 4 heteroatoms. The summed E-state index contributed by atoms with van der Waals surface area (Å²) in [6.07, 6.45) is 5.09. The van der Waals surface area contributed by atoms with E-state index in [0.717, 1.165) is 24.6 Å². The minimum atomic E-state index is 0.160. The van der Waals surface area contributed by atoms with Gasteiger partial charge in [0.1, 0.15) is 11.5 Å². The van der Waals surface area contributed by atoms with Crippen LogP contribution in [0.25, 0.3) is 0 Å². The van der Waals surface area contributed by atoms with E-state index in [0.29, 0.717) is 17.4 Å². The zero-order chi connectivity index (χ0) is 17.1. The number of para-hydroxylation sites is 2. The summed E-state index contributed by atoms with van der Waals surface area (Å²) in [7, 11) is 0. The minimum Gasteiger partial charge on any atom is -0.507 e. The lowest BCUT2D eigenvalue weighted by molar-refractivity contribution is 0.474. The van der Waals surface area contributed by atoms with Gasteiger partial charge in [0.25, 0.3) is 0 Å². The summed E-state index contributed by atoms with van der Waals surface area (Å²) in [5.74, 6) is 0.451. The molecule has 0 spiro atoms. The van der Waals surface area contributed by atoms with Crippen molar-refractivity contribution in [2.45, 2.75) is 32.7 Å². The number of phenolic OH excluding ortho intramolecular Hbond substituents is 2. The Kier molecular flexibility index (Phi) is 8.14. The number of nitrogens with one attached hydrogen (secondary N) is 1. The number of hydrogen-bond donors (Lipinski definition) is 3. The highest BCUT2D eigenvalue weighted by atomic mass is 16.3. The van der Waals surface area contributed by atoms with Gasteiger partial charge >= 0.3 is 0 Å². The van der Waals surface area contributed by atoms with Crippen LogP contribution in [0.1, 0.15) is 37.8 Å². The molecule has 1 unspecified atom stereocenters. The fourth-order valence-corrected chi connectivity index (χ4v) is 1.91. The molecule has 0 fully saturated rings. The number of nitrogens with zero attached hydrogens (tertiary/aromatic N) is 1.